The Morgan fingerprint density at radius 3 is 2.08 bits per heavy atom. The zero-order valence-electron chi connectivity index (χ0n) is 8.20. The molecule has 0 fully saturated rings. The van der Waals surface area contributed by atoms with Gasteiger partial charge in [-0.15, -0.1) is 0 Å². The van der Waals surface area contributed by atoms with E-state index in [-0.39, 0.29) is 19.0 Å². The minimum absolute atomic E-state index is 0.162. The van der Waals surface area contributed by atoms with Gasteiger partial charge in [0.25, 0.3) is 0 Å². The molecule has 0 aliphatic rings. The Balaban J connectivity index is 4.56. The summed E-state index contributed by atoms with van der Waals surface area (Å²) in [4.78, 5) is 22.9. The van der Waals surface area contributed by atoms with Crippen molar-refractivity contribution in [2.45, 2.75) is 26.3 Å². The molecule has 5 heteroatoms. The highest BCUT2D eigenvalue weighted by molar-refractivity contribution is 5.83. The van der Waals surface area contributed by atoms with E-state index in [1.807, 2.05) is 0 Å². The molecule has 0 atom stereocenters. The predicted octanol–water partition coefficient (Wildman–Crippen LogP) is -0.343. The number of amides is 1. The van der Waals surface area contributed by atoms with Gasteiger partial charge in [-0.05, 0) is 20.8 Å². The van der Waals surface area contributed by atoms with Crippen LogP contribution >= 0.6 is 0 Å². The lowest BCUT2D eigenvalue weighted by Gasteiger charge is -2.34. The molecule has 5 nitrogen and oxygen atoms in total. The molecule has 1 amide bonds. The third-order valence-electron chi connectivity index (χ3n) is 1.58. The summed E-state index contributed by atoms with van der Waals surface area (Å²) in [6, 6.07) is 0. The quantitative estimate of drug-likeness (QED) is 0.634. The van der Waals surface area contributed by atoms with Crippen LogP contribution in [0.5, 0.6) is 0 Å². The third kappa shape index (κ3) is 3.89. The Bertz CT molecular complexity index is 208. The van der Waals surface area contributed by atoms with Crippen molar-refractivity contribution in [3.8, 4) is 0 Å². The highest BCUT2D eigenvalue weighted by Crippen LogP contribution is 2.12. The van der Waals surface area contributed by atoms with Gasteiger partial charge in [-0.2, -0.15) is 0 Å². The number of hydrogen-bond acceptors (Lipinski definition) is 3. The van der Waals surface area contributed by atoms with E-state index in [1.54, 1.807) is 20.8 Å². The number of carbonyl (C=O) groups is 2. The van der Waals surface area contributed by atoms with E-state index in [1.165, 1.54) is 4.90 Å². The summed E-state index contributed by atoms with van der Waals surface area (Å²) in [5, 5.41) is 8.56. The second-order valence-corrected chi connectivity index (χ2v) is 3.75. The van der Waals surface area contributed by atoms with Crippen LogP contribution in [0.1, 0.15) is 20.8 Å². The first kappa shape index (κ1) is 11.9. The van der Waals surface area contributed by atoms with Crippen LogP contribution < -0.4 is 5.73 Å². The fourth-order valence-electron chi connectivity index (χ4n) is 0.945. The van der Waals surface area contributed by atoms with Crippen molar-refractivity contribution >= 4 is 11.9 Å². The van der Waals surface area contributed by atoms with Crippen LogP contribution in [-0.2, 0) is 9.59 Å². The van der Waals surface area contributed by atoms with Gasteiger partial charge in [0.05, 0.1) is 6.54 Å². The number of carboxylic acids is 1. The largest absolute Gasteiger partial charge is 0.480 e. The Morgan fingerprint density at radius 2 is 1.85 bits per heavy atom. The molecule has 0 radical (unpaired) electrons. The molecule has 0 heterocycles. The summed E-state index contributed by atoms with van der Waals surface area (Å²) in [6.07, 6.45) is 0. The Kier molecular flexibility index (Phi) is 3.87. The monoisotopic (exact) mass is 188 g/mol. The van der Waals surface area contributed by atoms with Gasteiger partial charge in [0.2, 0.25) is 5.91 Å². The van der Waals surface area contributed by atoms with E-state index in [2.05, 4.69) is 0 Å². The lowest BCUT2D eigenvalue weighted by atomic mass is 10.1. The van der Waals surface area contributed by atoms with Gasteiger partial charge in [-0.3, -0.25) is 9.59 Å². The summed E-state index contributed by atoms with van der Waals surface area (Å²) < 4.78 is 0. The van der Waals surface area contributed by atoms with Gasteiger partial charge in [-0.1, -0.05) is 0 Å². The minimum atomic E-state index is -1.03. The number of hydrogen-bond donors (Lipinski definition) is 2. The highest BCUT2D eigenvalue weighted by atomic mass is 16.4. The fourth-order valence-corrected chi connectivity index (χ4v) is 0.945. The molecule has 0 aliphatic carbocycles. The van der Waals surface area contributed by atoms with Crippen LogP contribution in [0.25, 0.3) is 0 Å². The maximum Gasteiger partial charge on any atom is 0.323 e. The highest BCUT2D eigenvalue weighted by Gasteiger charge is 2.27. The number of nitrogens with zero attached hydrogens (tertiary/aromatic N) is 1. The fraction of sp³-hybridized carbons (Fsp3) is 0.750. The van der Waals surface area contributed by atoms with Crippen molar-refractivity contribution in [3.63, 3.8) is 0 Å². The molecular weight excluding hydrogens is 172 g/mol. The lowest BCUT2D eigenvalue weighted by Crippen LogP contribution is -2.50. The summed E-state index contributed by atoms with van der Waals surface area (Å²) >= 11 is 0. The molecule has 0 saturated heterocycles. The van der Waals surface area contributed by atoms with Crippen molar-refractivity contribution in [3.05, 3.63) is 0 Å². The van der Waals surface area contributed by atoms with Gasteiger partial charge >= 0.3 is 5.97 Å². The van der Waals surface area contributed by atoms with E-state index >= 15 is 0 Å². The first-order chi connectivity index (χ1) is 5.79. The molecule has 0 rings (SSSR count). The molecule has 76 valence electrons. The zero-order valence-corrected chi connectivity index (χ0v) is 8.20. The molecular formula is C8H16N2O3. The molecule has 0 saturated carbocycles. The lowest BCUT2D eigenvalue weighted by molar-refractivity contribution is -0.147. The summed E-state index contributed by atoms with van der Waals surface area (Å²) in [7, 11) is 0. The van der Waals surface area contributed by atoms with Crippen molar-refractivity contribution in [2.75, 3.05) is 13.1 Å². The number of aliphatic carboxylic acids is 1. The van der Waals surface area contributed by atoms with E-state index in [0.717, 1.165) is 0 Å². The summed E-state index contributed by atoms with van der Waals surface area (Å²) in [6.45, 7) is 4.83. The smallest absolute Gasteiger partial charge is 0.323 e. The number of nitrogens with two attached hydrogens (primary N) is 1. The van der Waals surface area contributed by atoms with Gasteiger partial charge in [0, 0.05) is 5.54 Å². The van der Waals surface area contributed by atoms with Crippen LogP contribution in [0, 0.1) is 0 Å². The van der Waals surface area contributed by atoms with Crippen LogP contribution in [-0.4, -0.2) is 40.5 Å². The maximum atomic E-state index is 11.2. The first-order valence-electron chi connectivity index (χ1n) is 4.01. The van der Waals surface area contributed by atoms with E-state index < -0.39 is 11.5 Å². The van der Waals surface area contributed by atoms with Crippen molar-refractivity contribution < 1.29 is 14.7 Å². The van der Waals surface area contributed by atoms with E-state index in [4.69, 9.17) is 10.8 Å². The predicted molar refractivity (Wildman–Crippen MR) is 48.2 cm³/mol. The normalized spacial score (nSPS) is 11.1. The number of rotatable bonds is 3. The molecule has 0 aliphatic heterocycles. The second kappa shape index (κ2) is 4.23. The Hall–Kier alpha value is -1.10. The van der Waals surface area contributed by atoms with Gasteiger partial charge in [0.15, 0.2) is 0 Å². The van der Waals surface area contributed by atoms with E-state index in [9.17, 15) is 9.59 Å². The number of carboxylic acid groups (broad SMARTS) is 1. The standard InChI is InChI=1S/C8H16N2O3/c1-8(2,3)10(5-7(12)13)6(11)4-9/h4-5,9H2,1-3H3,(H,12,13). The second-order valence-electron chi connectivity index (χ2n) is 3.75. The average Bonchev–Trinajstić information content (AvgIpc) is 1.96. The molecule has 0 spiro atoms. The SMILES string of the molecule is CC(C)(C)N(CC(=O)O)C(=O)CN. The molecule has 0 aromatic rings. The van der Waals surface area contributed by atoms with E-state index in [0.29, 0.717) is 0 Å². The Morgan fingerprint density at radius 1 is 1.38 bits per heavy atom. The number of carbonyl (C=O) groups excluding carboxylic acids is 1. The van der Waals surface area contributed by atoms with Crippen LogP contribution in [0.3, 0.4) is 0 Å². The van der Waals surface area contributed by atoms with Crippen molar-refractivity contribution in [1.29, 1.82) is 0 Å². The molecule has 0 aromatic carbocycles. The molecule has 0 aromatic heterocycles. The third-order valence-corrected chi connectivity index (χ3v) is 1.58. The topological polar surface area (TPSA) is 83.6 Å². The van der Waals surface area contributed by atoms with Crippen molar-refractivity contribution in [1.82, 2.24) is 4.90 Å². The zero-order chi connectivity index (χ0) is 10.6. The maximum absolute atomic E-state index is 11.2. The van der Waals surface area contributed by atoms with Gasteiger partial charge < -0.3 is 15.7 Å². The molecule has 3 N–H and O–H groups in total. The van der Waals surface area contributed by atoms with Gasteiger partial charge in [-0.25, -0.2) is 0 Å². The molecule has 0 unspecified atom stereocenters. The van der Waals surface area contributed by atoms with Gasteiger partial charge in [0.1, 0.15) is 6.54 Å². The van der Waals surface area contributed by atoms with Crippen molar-refractivity contribution in [2.24, 2.45) is 5.73 Å². The molecule has 13 heavy (non-hydrogen) atoms. The molecule has 0 bridgehead atoms. The first-order valence-corrected chi connectivity index (χ1v) is 4.01. The Labute approximate surface area is 77.5 Å². The summed E-state index contributed by atoms with van der Waals surface area (Å²) in [5.74, 6) is -1.38. The van der Waals surface area contributed by atoms with Crippen LogP contribution in [0.2, 0.25) is 0 Å². The summed E-state index contributed by atoms with van der Waals surface area (Å²) in [5.41, 5.74) is 4.66. The van der Waals surface area contributed by atoms with Crippen LogP contribution in [0.4, 0.5) is 0 Å². The average molecular weight is 188 g/mol. The minimum Gasteiger partial charge on any atom is -0.480 e. The van der Waals surface area contributed by atoms with Crippen LogP contribution in [0.15, 0.2) is 0 Å².